The summed E-state index contributed by atoms with van der Waals surface area (Å²) in [4.78, 5) is 79.1. The van der Waals surface area contributed by atoms with Gasteiger partial charge in [0.2, 0.25) is 23.6 Å². The number of carboxylic acid groups (broad SMARTS) is 2. The summed E-state index contributed by atoms with van der Waals surface area (Å²) in [5, 5.41) is 213. The molecule has 0 aromatic rings. The lowest BCUT2D eigenvalue weighted by molar-refractivity contribution is -0.402. The Morgan fingerprint density at radius 3 is 1.37 bits per heavy atom. The van der Waals surface area contributed by atoms with Crippen LogP contribution in [0.25, 0.3) is 0 Å². The van der Waals surface area contributed by atoms with Gasteiger partial charge in [0, 0.05) is 40.0 Å². The number of allylic oxidation sites excluding steroid dienone is 1. The fraction of sp³-hybridized carbons (Fsp3) is 0.897. The molecule has 5 heterocycles. The molecule has 674 valence electrons. The minimum absolute atomic E-state index is 0.113. The fourth-order valence-electron chi connectivity index (χ4n) is 15.4. The second kappa shape index (κ2) is 52.8. The minimum atomic E-state index is -3.59. The van der Waals surface area contributed by atoms with Crippen molar-refractivity contribution in [3.8, 4) is 0 Å². The molecule has 5 aliphatic heterocycles. The quantitative estimate of drug-likeness (QED) is 0.0239. The zero-order valence-electron chi connectivity index (χ0n) is 67.8. The standard InChI is InChI=1S/C78H138N4O34/c1-6-8-10-12-14-16-18-20-21-23-25-27-29-31-33-35-56(95)82-47(48(91)34-32-30-28-26-24-22-19-17-15-13-11-9-7-2)43-107-73-65(101)64(100)67(54(41-86)109-73)111-74-66(102)71(68(55(42-87)110-74)112-72-59(81-46(5)90)63(99)61(97)52(39-84)108-72)116-78(76(105)106)37-50(93)58(80-45(4)89)70(115-78)62(98)53(40-85)113-77(75(103)104)36-49(92)57(79-44(3)88)69(114-77)60(96)51(94)38-83/h32,34,47-55,57-74,83-87,91-94,96-102H,6-31,33,35-43H2,1-5H3,(H,79,88)(H,80,89)(H,81,90)(H,82,95)(H,103,104)(H,105,106)/b34-32+/t47-,48+,49?,50?,51+,52?,53+,54?,55?,57+,58+,59?,60+,61-,62+,63+,64+,65?,66?,67+,68-,69?,70?,71+,72-,73+,74-,77+,78-/m0/s1. The molecular weight excluding hydrogens is 1540 g/mol. The molecule has 116 heavy (non-hydrogen) atoms. The van der Waals surface area contributed by atoms with Crippen LogP contribution in [0.5, 0.6) is 0 Å². The normalized spacial score (nSPS) is 33.3. The first-order valence-corrected chi connectivity index (χ1v) is 41.7. The van der Waals surface area contributed by atoms with Gasteiger partial charge in [-0.25, -0.2) is 9.59 Å². The first kappa shape index (κ1) is 102. The largest absolute Gasteiger partial charge is 0.477 e. The molecule has 5 rings (SSSR count). The molecule has 10 unspecified atom stereocenters. The van der Waals surface area contributed by atoms with Crippen LogP contribution in [-0.2, 0) is 76.1 Å². The van der Waals surface area contributed by atoms with Crippen molar-refractivity contribution in [1.29, 1.82) is 0 Å². The molecule has 29 atom stereocenters. The van der Waals surface area contributed by atoms with Gasteiger partial charge in [-0.3, -0.25) is 19.2 Å². The Hall–Kier alpha value is -4.48. The Morgan fingerprint density at radius 1 is 0.466 bits per heavy atom. The van der Waals surface area contributed by atoms with Crippen molar-refractivity contribution in [1.82, 2.24) is 21.3 Å². The van der Waals surface area contributed by atoms with Crippen LogP contribution < -0.4 is 21.3 Å². The maximum atomic E-state index is 14.2. The van der Waals surface area contributed by atoms with Crippen LogP contribution in [0, 0.1) is 0 Å². The lowest BCUT2D eigenvalue weighted by Crippen LogP contribution is -2.72. The second-order valence-electron chi connectivity index (χ2n) is 31.4. The SMILES string of the molecule is CCCCCCCCCCCCC/C=C/[C@@H](O)[C@H](CO[C@@H]1OC(CO)[C@@H](O[C@@H]2OC(CO)[C@H](O[C@@H]3OC(CO)[C@H](O)[C@H](O)C3NC(C)=O)[C@H](O[C@]3(C(=O)O)CC(O)[C@@H](NC(C)=O)C([C@H](O)[C@@H](CO)O[C@]4(C(=O)O)CC(O)[C@@H](NC(C)=O)C([C@H](O)[C@H](O)CO)O4)O3)C2O)[C@H](O)C1O)NC(=O)CCCCCCCCCCCCCCCCC. The number of carbonyl (C=O) groups is 6. The van der Waals surface area contributed by atoms with Gasteiger partial charge in [-0.1, -0.05) is 180 Å². The number of rotatable bonds is 56. The van der Waals surface area contributed by atoms with E-state index in [9.17, 15) is 121 Å². The highest BCUT2D eigenvalue weighted by molar-refractivity contribution is 5.78. The predicted octanol–water partition coefficient (Wildman–Crippen LogP) is -1.69. The number of aliphatic hydroxyl groups is 16. The topological polar surface area (TPSA) is 607 Å². The van der Waals surface area contributed by atoms with Crippen molar-refractivity contribution >= 4 is 35.6 Å². The van der Waals surface area contributed by atoms with Crippen molar-refractivity contribution < 1.29 is 168 Å². The molecular formula is C78H138N4O34. The fourth-order valence-corrected chi connectivity index (χ4v) is 15.4. The van der Waals surface area contributed by atoms with E-state index in [-0.39, 0.29) is 6.42 Å². The molecule has 0 aromatic carbocycles. The van der Waals surface area contributed by atoms with E-state index >= 15 is 0 Å². The predicted molar refractivity (Wildman–Crippen MR) is 407 cm³/mol. The summed E-state index contributed by atoms with van der Waals surface area (Å²) >= 11 is 0. The number of carbonyl (C=O) groups excluding carboxylic acids is 4. The van der Waals surface area contributed by atoms with Crippen molar-refractivity contribution in [3.05, 3.63) is 12.2 Å². The number of hydrogen-bond donors (Lipinski definition) is 22. The third kappa shape index (κ3) is 30.8. The van der Waals surface area contributed by atoms with Gasteiger partial charge in [0.25, 0.3) is 11.6 Å². The lowest BCUT2D eigenvalue weighted by atomic mass is 9.87. The molecule has 0 aliphatic carbocycles. The summed E-state index contributed by atoms with van der Waals surface area (Å²) < 4.78 is 59.9. The van der Waals surface area contributed by atoms with E-state index in [1.54, 1.807) is 6.08 Å². The molecule has 5 aliphatic rings. The lowest BCUT2D eigenvalue weighted by Gasteiger charge is -2.52. The summed E-state index contributed by atoms with van der Waals surface area (Å²) in [6.45, 7) is 0.518. The van der Waals surface area contributed by atoms with Gasteiger partial charge in [-0.05, 0) is 19.3 Å². The summed E-state index contributed by atoms with van der Waals surface area (Å²) in [7, 11) is 0. The number of aliphatic carboxylic acids is 2. The summed E-state index contributed by atoms with van der Waals surface area (Å²) in [5.74, 6) is -14.6. The van der Waals surface area contributed by atoms with E-state index in [2.05, 4.69) is 35.1 Å². The number of ether oxygens (including phenoxy) is 10. The van der Waals surface area contributed by atoms with Crippen molar-refractivity contribution in [3.63, 3.8) is 0 Å². The van der Waals surface area contributed by atoms with Crippen molar-refractivity contribution in [2.24, 2.45) is 0 Å². The first-order chi connectivity index (χ1) is 55.3. The van der Waals surface area contributed by atoms with E-state index in [1.165, 1.54) is 102 Å². The first-order valence-electron chi connectivity index (χ1n) is 41.7. The van der Waals surface area contributed by atoms with Crippen LogP contribution in [-0.4, -0.2) is 344 Å². The van der Waals surface area contributed by atoms with Crippen LogP contribution in [0.1, 0.15) is 227 Å². The zero-order valence-corrected chi connectivity index (χ0v) is 67.8. The van der Waals surface area contributed by atoms with Crippen LogP contribution >= 0.6 is 0 Å². The highest BCUT2D eigenvalue weighted by Crippen LogP contribution is 2.42. The van der Waals surface area contributed by atoms with Gasteiger partial charge >= 0.3 is 11.9 Å². The third-order valence-corrected chi connectivity index (χ3v) is 22.0. The molecule has 5 fully saturated rings. The molecule has 38 heteroatoms. The van der Waals surface area contributed by atoms with Gasteiger partial charge in [0.15, 0.2) is 18.9 Å². The summed E-state index contributed by atoms with van der Waals surface area (Å²) in [5.41, 5.74) is 0. The number of unbranched alkanes of at least 4 members (excludes halogenated alkanes) is 25. The van der Waals surface area contributed by atoms with Gasteiger partial charge in [-0.15, -0.1) is 0 Å². The Balaban J connectivity index is 1.44. The zero-order chi connectivity index (χ0) is 85.8. The molecule has 0 aromatic heterocycles. The van der Waals surface area contributed by atoms with E-state index in [4.69, 9.17) is 47.4 Å². The molecule has 0 radical (unpaired) electrons. The van der Waals surface area contributed by atoms with Crippen LogP contribution in [0.2, 0.25) is 0 Å². The smallest absolute Gasteiger partial charge is 0.364 e. The molecule has 5 saturated heterocycles. The number of aliphatic hydroxyl groups excluding tert-OH is 16. The Morgan fingerprint density at radius 2 is 0.897 bits per heavy atom. The van der Waals surface area contributed by atoms with Crippen LogP contribution in [0.15, 0.2) is 12.2 Å². The number of carboxylic acids is 2. The number of amides is 4. The molecule has 38 nitrogen and oxygen atoms in total. The van der Waals surface area contributed by atoms with E-state index < -0.39 is 265 Å². The van der Waals surface area contributed by atoms with E-state index in [0.717, 1.165) is 85.0 Å². The van der Waals surface area contributed by atoms with Gasteiger partial charge in [0.05, 0.1) is 76.1 Å². The Kier molecular flexibility index (Phi) is 46.4. The summed E-state index contributed by atoms with van der Waals surface area (Å²) in [6.07, 6.45) is -19.4. The molecule has 0 saturated carbocycles. The maximum Gasteiger partial charge on any atom is 0.364 e. The number of nitrogens with one attached hydrogen (secondary N) is 4. The molecule has 4 amide bonds. The van der Waals surface area contributed by atoms with Crippen molar-refractivity contribution in [2.75, 3.05) is 39.6 Å². The van der Waals surface area contributed by atoms with Gasteiger partial charge < -0.3 is 161 Å². The monoisotopic (exact) mass is 1670 g/mol. The number of hydrogen-bond acceptors (Lipinski definition) is 32. The highest BCUT2D eigenvalue weighted by atomic mass is 16.8. The van der Waals surface area contributed by atoms with Crippen LogP contribution in [0.4, 0.5) is 0 Å². The average Bonchev–Trinajstić information content (AvgIpc) is 0.745. The Bertz CT molecular complexity index is 2860. The average molecular weight is 1680 g/mol. The highest BCUT2D eigenvalue weighted by Gasteiger charge is 2.64. The molecule has 0 spiro atoms. The minimum Gasteiger partial charge on any atom is -0.477 e. The Labute approximate surface area is 678 Å². The van der Waals surface area contributed by atoms with Crippen LogP contribution in [0.3, 0.4) is 0 Å². The van der Waals surface area contributed by atoms with Gasteiger partial charge in [0.1, 0.15) is 110 Å². The van der Waals surface area contributed by atoms with E-state index in [0.29, 0.717) is 12.8 Å². The maximum absolute atomic E-state index is 14.2. The second-order valence-corrected chi connectivity index (χ2v) is 31.4. The molecule has 0 bridgehead atoms. The summed E-state index contributed by atoms with van der Waals surface area (Å²) in [6, 6.07) is -6.82. The van der Waals surface area contributed by atoms with Crippen molar-refractivity contribution in [2.45, 2.75) is 404 Å². The molecule has 22 N–H and O–H groups in total. The van der Waals surface area contributed by atoms with E-state index in [1.807, 2.05) is 0 Å². The van der Waals surface area contributed by atoms with Gasteiger partial charge in [-0.2, -0.15) is 0 Å². The third-order valence-electron chi connectivity index (χ3n) is 22.0.